The molecule has 0 spiro atoms. The van der Waals surface area contributed by atoms with Crippen molar-refractivity contribution in [2.45, 2.75) is 12.5 Å². The van der Waals surface area contributed by atoms with Crippen molar-refractivity contribution in [3.8, 4) is 23.0 Å². The van der Waals surface area contributed by atoms with Gasteiger partial charge in [-0.2, -0.15) is 0 Å². The van der Waals surface area contributed by atoms with Crippen LogP contribution in [0.4, 0.5) is 5.69 Å². The largest absolute Gasteiger partial charge is 0.497 e. The first kappa shape index (κ1) is 25.8. The highest BCUT2D eigenvalue weighted by Gasteiger charge is 2.32. The van der Waals surface area contributed by atoms with Gasteiger partial charge in [0.2, 0.25) is 0 Å². The van der Waals surface area contributed by atoms with Crippen molar-refractivity contribution < 1.29 is 28.8 Å². The molecule has 0 bridgehead atoms. The highest BCUT2D eigenvalue weighted by atomic mass is 35.5. The molecule has 2 heterocycles. The Morgan fingerprint density at radius 1 is 1.13 bits per heavy atom. The summed E-state index contributed by atoms with van der Waals surface area (Å²) in [5, 5.41) is 10.6. The summed E-state index contributed by atoms with van der Waals surface area (Å²) < 4.78 is 22.5. The molecule has 38 heavy (non-hydrogen) atoms. The second-order valence-electron chi connectivity index (χ2n) is 9.01. The minimum Gasteiger partial charge on any atom is -0.497 e. The summed E-state index contributed by atoms with van der Waals surface area (Å²) in [4.78, 5) is 19.5. The van der Waals surface area contributed by atoms with E-state index in [1.165, 1.54) is 0 Å². The van der Waals surface area contributed by atoms with Gasteiger partial charge in [0.25, 0.3) is 0 Å². The zero-order valence-corrected chi connectivity index (χ0v) is 22.2. The van der Waals surface area contributed by atoms with Gasteiger partial charge in [-0.05, 0) is 23.8 Å². The predicted molar refractivity (Wildman–Crippen MR) is 147 cm³/mol. The normalized spacial score (nSPS) is 13.1. The Balaban J connectivity index is 1.64. The summed E-state index contributed by atoms with van der Waals surface area (Å²) >= 11 is 6.27. The number of nitrogens with zero attached hydrogens (tertiary/aromatic N) is 1. The number of Topliss-reactive ketones (excluding diaryl/α,β-unsaturated/α-hetero) is 1. The number of carbonyl (C=O) groups excluding carboxylic acids is 1. The number of halogens is 1. The number of rotatable bonds is 10. The number of benzene rings is 3. The molecule has 9 heteroatoms. The number of fused-ring (bicyclic) bond motifs is 2. The molecule has 0 saturated carbocycles. The monoisotopic (exact) mass is 536 g/mol. The van der Waals surface area contributed by atoms with Gasteiger partial charge in [0.15, 0.2) is 5.78 Å². The van der Waals surface area contributed by atoms with Crippen LogP contribution in [0.15, 0.2) is 54.7 Å². The lowest BCUT2D eigenvalue weighted by Crippen LogP contribution is -2.31. The molecule has 1 aliphatic rings. The van der Waals surface area contributed by atoms with Crippen LogP contribution in [-0.4, -0.2) is 57.0 Å². The molecule has 0 fully saturated rings. The number of aromatic nitrogens is 1. The minimum atomic E-state index is -0.775. The van der Waals surface area contributed by atoms with Gasteiger partial charge in [0.05, 0.1) is 27.4 Å². The average molecular weight is 537 g/mol. The number of nitrogens with one attached hydrogen (secondary N) is 1. The zero-order chi connectivity index (χ0) is 26.8. The van der Waals surface area contributed by atoms with Crippen molar-refractivity contribution in [1.82, 2.24) is 4.98 Å². The first-order chi connectivity index (χ1) is 18.4. The van der Waals surface area contributed by atoms with Gasteiger partial charge in [-0.1, -0.05) is 17.7 Å². The van der Waals surface area contributed by atoms with Crippen molar-refractivity contribution in [2.24, 2.45) is 0 Å². The van der Waals surface area contributed by atoms with Crippen LogP contribution in [0.1, 0.15) is 27.5 Å². The standard InChI is InChI=1S/C29H29ClN2O6/c1-32(19-12-20(35-2)14-21(13-19)37-9-7-33)28(22-5-4-18(30)11-27(22)36-3)29(34)24-16-31-25-15-26-17(6-8-38-26)10-23(24)25/h4-5,10-16,28,31,33H,6-9H2,1-3H3. The van der Waals surface area contributed by atoms with E-state index in [1.54, 1.807) is 44.7 Å². The number of H-pyrrole nitrogens is 1. The highest BCUT2D eigenvalue weighted by molar-refractivity contribution is 6.30. The first-order valence-electron chi connectivity index (χ1n) is 12.2. The second-order valence-corrected chi connectivity index (χ2v) is 9.45. The Morgan fingerprint density at radius 2 is 1.95 bits per heavy atom. The van der Waals surface area contributed by atoms with Gasteiger partial charge in [0.1, 0.15) is 35.6 Å². The SMILES string of the molecule is COc1cc(OCCO)cc(N(C)C(C(=O)c2c[nH]c3cc4c(cc23)CCO4)c2ccc(Cl)cc2OC)c1. The van der Waals surface area contributed by atoms with Crippen molar-refractivity contribution in [1.29, 1.82) is 0 Å². The van der Waals surface area contributed by atoms with Gasteiger partial charge in [-0.25, -0.2) is 0 Å². The fourth-order valence-corrected chi connectivity index (χ4v) is 5.02. The number of ether oxygens (including phenoxy) is 4. The topological polar surface area (TPSA) is 93.2 Å². The van der Waals surface area contributed by atoms with Crippen LogP contribution in [0.25, 0.3) is 10.9 Å². The molecule has 0 radical (unpaired) electrons. The molecule has 0 amide bonds. The third-order valence-corrected chi connectivity index (χ3v) is 6.99. The Morgan fingerprint density at radius 3 is 2.71 bits per heavy atom. The number of ketones is 1. The molecule has 8 nitrogen and oxygen atoms in total. The second kappa shape index (κ2) is 10.8. The van der Waals surface area contributed by atoms with Crippen LogP contribution in [0.5, 0.6) is 23.0 Å². The summed E-state index contributed by atoms with van der Waals surface area (Å²) in [5.74, 6) is 2.28. The molecule has 2 N–H and O–H groups in total. The Hall–Kier alpha value is -3.88. The molecule has 3 aromatic carbocycles. The Labute approximate surface area is 225 Å². The number of aromatic amines is 1. The Bertz CT molecular complexity index is 1480. The molecule has 0 aliphatic carbocycles. The van der Waals surface area contributed by atoms with Gasteiger partial charge in [-0.15, -0.1) is 0 Å². The van der Waals surface area contributed by atoms with Crippen LogP contribution in [0, 0.1) is 0 Å². The first-order valence-corrected chi connectivity index (χ1v) is 12.6. The Kier molecular flexibility index (Phi) is 7.35. The fourth-order valence-electron chi connectivity index (χ4n) is 4.86. The van der Waals surface area contributed by atoms with E-state index in [0.717, 1.165) is 28.6 Å². The lowest BCUT2D eigenvalue weighted by molar-refractivity contribution is 0.0959. The number of carbonyl (C=O) groups is 1. The molecule has 1 aliphatic heterocycles. The number of aliphatic hydroxyl groups is 1. The van der Waals surface area contributed by atoms with E-state index in [9.17, 15) is 9.90 Å². The van der Waals surface area contributed by atoms with Crippen molar-refractivity contribution in [2.75, 3.05) is 46.0 Å². The average Bonchev–Trinajstić information content (AvgIpc) is 3.57. The highest BCUT2D eigenvalue weighted by Crippen LogP contribution is 2.40. The third-order valence-electron chi connectivity index (χ3n) is 6.75. The lowest BCUT2D eigenvalue weighted by atomic mass is 9.94. The van der Waals surface area contributed by atoms with Gasteiger partial charge in [-0.3, -0.25) is 4.79 Å². The molecule has 0 saturated heterocycles. The molecular weight excluding hydrogens is 508 g/mol. The maximum atomic E-state index is 14.4. The minimum absolute atomic E-state index is 0.124. The van der Waals surface area contributed by atoms with E-state index in [1.807, 2.05) is 36.2 Å². The van der Waals surface area contributed by atoms with E-state index in [2.05, 4.69) is 4.98 Å². The molecule has 4 aromatic rings. The van der Waals surface area contributed by atoms with Crippen LogP contribution in [0.2, 0.25) is 5.02 Å². The number of methoxy groups -OCH3 is 2. The number of anilines is 1. The molecule has 5 rings (SSSR count). The lowest BCUT2D eigenvalue weighted by Gasteiger charge is -2.31. The number of hydrogen-bond acceptors (Lipinski definition) is 7. The molecular formula is C29H29ClN2O6. The summed E-state index contributed by atoms with van der Waals surface area (Å²) in [7, 11) is 4.95. The maximum absolute atomic E-state index is 14.4. The number of aliphatic hydroxyl groups excluding tert-OH is 1. The quantitative estimate of drug-likeness (QED) is 0.269. The van der Waals surface area contributed by atoms with E-state index in [-0.39, 0.29) is 19.0 Å². The van der Waals surface area contributed by atoms with E-state index < -0.39 is 6.04 Å². The van der Waals surface area contributed by atoms with Crippen LogP contribution < -0.4 is 23.8 Å². The molecule has 1 aromatic heterocycles. The van der Waals surface area contributed by atoms with Crippen LogP contribution in [-0.2, 0) is 6.42 Å². The van der Waals surface area contributed by atoms with E-state index >= 15 is 0 Å². The van der Waals surface area contributed by atoms with Gasteiger partial charge in [0, 0.05) is 76.7 Å². The molecule has 1 atom stereocenters. The van der Waals surface area contributed by atoms with Gasteiger partial charge >= 0.3 is 0 Å². The van der Waals surface area contributed by atoms with Crippen molar-refractivity contribution in [3.05, 3.63) is 76.4 Å². The van der Waals surface area contributed by atoms with Gasteiger partial charge < -0.3 is 33.9 Å². The van der Waals surface area contributed by atoms with Crippen molar-refractivity contribution >= 4 is 34.0 Å². The number of hydrogen-bond donors (Lipinski definition) is 2. The number of likely N-dealkylation sites (N-methyl/N-ethyl adjacent to an activating group) is 1. The fraction of sp³-hybridized carbons (Fsp3) is 0.276. The predicted octanol–water partition coefficient (Wildman–Crippen LogP) is 5.20. The zero-order valence-electron chi connectivity index (χ0n) is 21.4. The maximum Gasteiger partial charge on any atom is 0.192 e. The summed E-state index contributed by atoms with van der Waals surface area (Å²) in [6.45, 7) is 0.642. The van der Waals surface area contributed by atoms with E-state index in [0.29, 0.717) is 45.7 Å². The third kappa shape index (κ3) is 4.85. The smallest absolute Gasteiger partial charge is 0.192 e. The molecule has 198 valence electrons. The van der Waals surface area contributed by atoms with Crippen LogP contribution >= 0.6 is 11.6 Å². The summed E-state index contributed by atoms with van der Waals surface area (Å²) in [5.41, 5.74) is 3.81. The summed E-state index contributed by atoms with van der Waals surface area (Å²) in [6.07, 6.45) is 2.55. The van der Waals surface area contributed by atoms with Crippen LogP contribution in [0.3, 0.4) is 0 Å². The van der Waals surface area contributed by atoms with E-state index in [4.69, 9.17) is 30.5 Å². The molecule has 1 unspecified atom stereocenters. The van der Waals surface area contributed by atoms with Crippen molar-refractivity contribution in [3.63, 3.8) is 0 Å². The summed E-state index contributed by atoms with van der Waals surface area (Å²) in [6, 6.07) is 13.8.